The van der Waals surface area contributed by atoms with Gasteiger partial charge in [-0.1, -0.05) is 26.0 Å². The van der Waals surface area contributed by atoms with Crippen molar-refractivity contribution in [2.24, 2.45) is 5.92 Å². The molecule has 4 N–H and O–H groups in total. The Morgan fingerprint density at radius 2 is 1.51 bits per heavy atom. The second-order valence-corrected chi connectivity index (χ2v) is 10.5. The topological polar surface area (TPSA) is 170 Å². The fraction of sp³-hybridized carbons (Fsp3) is 0.607. The molecule has 2 atom stereocenters. The van der Waals surface area contributed by atoms with Crippen LogP contribution in [0.3, 0.4) is 0 Å². The molecule has 1 aromatic rings. The molecule has 0 aliphatic heterocycles. The van der Waals surface area contributed by atoms with E-state index in [4.69, 9.17) is 14.2 Å². The first-order chi connectivity index (χ1) is 19.3. The lowest BCUT2D eigenvalue weighted by molar-refractivity contribution is -0.132. The molecule has 4 amide bonds. The van der Waals surface area contributed by atoms with Crippen molar-refractivity contribution < 1.29 is 42.9 Å². The summed E-state index contributed by atoms with van der Waals surface area (Å²) in [6.07, 6.45) is -0.471. The second kappa shape index (κ2) is 18.6. The van der Waals surface area contributed by atoms with Gasteiger partial charge in [-0.3, -0.25) is 19.2 Å². The minimum Gasteiger partial charge on any atom is -0.463 e. The fourth-order valence-electron chi connectivity index (χ4n) is 3.24. The number of nitrogens with one attached hydrogen (secondary N) is 4. The van der Waals surface area contributed by atoms with Crippen molar-refractivity contribution in [2.45, 2.75) is 72.3 Å². The highest BCUT2D eigenvalue weighted by Gasteiger charge is 2.27. The largest absolute Gasteiger partial charge is 0.463 e. The molecule has 1 aromatic carbocycles. The van der Waals surface area contributed by atoms with Crippen LogP contribution >= 0.6 is 0 Å². The number of anilines is 1. The summed E-state index contributed by atoms with van der Waals surface area (Å²) in [5, 5.41) is 10.6. The van der Waals surface area contributed by atoms with Gasteiger partial charge in [0.1, 0.15) is 24.3 Å². The summed E-state index contributed by atoms with van der Waals surface area (Å²) in [4.78, 5) is 59.6. The van der Waals surface area contributed by atoms with Crippen molar-refractivity contribution >= 4 is 36.0 Å². The summed E-state index contributed by atoms with van der Waals surface area (Å²) in [6, 6.07) is 5.03. The average molecular weight is 581 g/mol. The summed E-state index contributed by atoms with van der Waals surface area (Å²) in [7, 11) is 0. The Morgan fingerprint density at radius 1 is 0.878 bits per heavy atom. The Hall–Kier alpha value is -3.71. The molecule has 13 nitrogen and oxygen atoms in total. The van der Waals surface area contributed by atoms with Gasteiger partial charge in [-0.25, -0.2) is 4.79 Å². The highest BCUT2D eigenvalue weighted by Crippen LogP contribution is 2.11. The minimum absolute atomic E-state index is 0.0423. The second-order valence-electron chi connectivity index (χ2n) is 10.5. The minimum atomic E-state index is -0.860. The van der Waals surface area contributed by atoms with Gasteiger partial charge in [0.15, 0.2) is 0 Å². The summed E-state index contributed by atoms with van der Waals surface area (Å²) >= 11 is 0. The predicted molar refractivity (Wildman–Crippen MR) is 151 cm³/mol. The van der Waals surface area contributed by atoms with Crippen LogP contribution in [0.1, 0.15) is 53.5 Å². The monoisotopic (exact) mass is 580 g/mol. The van der Waals surface area contributed by atoms with Gasteiger partial charge in [-0.05, 0) is 51.3 Å². The molecule has 0 bridgehead atoms. The fourth-order valence-corrected chi connectivity index (χ4v) is 3.24. The Bertz CT molecular complexity index is 978. The number of hydrogen-bond acceptors (Lipinski definition) is 9. The van der Waals surface area contributed by atoms with Crippen molar-refractivity contribution in [3.05, 3.63) is 29.8 Å². The van der Waals surface area contributed by atoms with Crippen LogP contribution in [-0.2, 0) is 44.7 Å². The number of carbonyl (C=O) groups excluding carboxylic acids is 5. The van der Waals surface area contributed by atoms with E-state index in [2.05, 4.69) is 26.0 Å². The maximum atomic E-state index is 12.8. The molecule has 41 heavy (non-hydrogen) atoms. The first-order valence-corrected chi connectivity index (χ1v) is 13.5. The van der Waals surface area contributed by atoms with Crippen LogP contribution in [0.5, 0.6) is 0 Å². The van der Waals surface area contributed by atoms with Crippen LogP contribution in [0.2, 0.25) is 0 Å². The van der Waals surface area contributed by atoms with E-state index >= 15 is 0 Å². The smallest absolute Gasteiger partial charge is 0.407 e. The molecule has 0 saturated heterocycles. The van der Waals surface area contributed by atoms with Gasteiger partial charge >= 0.3 is 6.09 Å². The van der Waals surface area contributed by atoms with Crippen LogP contribution in [-0.4, -0.2) is 80.9 Å². The normalized spacial score (nSPS) is 12.6. The van der Waals surface area contributed by atoms with E-state index in [1.807, 2.05) is 0 Å². The van der Waals surface area contributed by atoms with Crippen molar-refractivity contribution in [3.63, 3.8) is 0 Å². The number of hydrogen-bond donors (Lipinski definition) is 4. The summed E-state index contributed by atoms with van der Waals surface area (Å²) < 4.78 is 20.6. The number of carbonyl (C=O) groups is 5. The molecule has 0 fully saturated rings. The maximum Gasteiger partial charge on any atom is 0.407 e. The molecule has 13 heteroatoms. The van der Waals surface area contributed by atoms with E-state index in [0.29, 0.717) is 18.7 Å². The Balaban J connectivity index is 2.31. The van der Waals surface area contributed by atoms with Gasteiger partial charge in [0.2, 0.25) is 17.7 Å². The summed E-state index contributed by atoms with van der Waals surface area (Å²) in [5.41, 5.74) is 0.710. The van der Waals surface area contributed by atoms with Gasteiger partial charge in [0.05, 0.1) is 26.4 Å². The number of rotatable bonds is 18. The van der Waals surface area contributed by atoms with E-state index in [9.17, 15) is 24.0 Å². The first kappa shape index (κ1) is 35.3. The summed E-state index contributed by atoms with van der Waals surface area (Å²) in [6.45, 7) is 12.2. The number of benzene rings is 1. The van der Waals surface area contributed by atoms with Crippen LogP contribution in [0, 0.1) is 5.92 Å². The third-order valence-electron chi connectivity index (χ3n) is 5.32. The molecule has 0 radical (unpaired) electrons. The molecule has 0 unspecified atom stereocenters. The molecule has 0 aliphatic carbocycles. The Kier molecular flexibility index (Phi) is 16.0. The van der Waals surface area contributed by atoms with Crippen LogP contribution in [0.4, 0.5) is 10.5 Å². The van der Waals surface area contributed by atoms with E-state index in [0.717, 1.165) is 5.56 Å². The highest BCUT2D eigenvalue weighted by molar-refractivity contribution is 5.98. The van der Waals surface area contributed by atoms with Crippen molar-refractivity contribution in [2.75, 3.05) is 38.3 Å². The zero-order chi connectivity index (χ0) is 30.8. The standard InChI is InChI=1S/C28H44N4O9/c1-19(2)24(26(36)30-20(3)25(35)31-22-9-7-21(8-10-22)17-40-18-33)32-23(34)11-13-38-15-16-39-14-12-29-27(37)41-28(4,5)6/h7-10,18-20,24H,11-17H2,1-6H3,(H,29,37)(H,30,36)(H,31,35)(H,32,34)/t20-,24-/m0/s1. The van der Waals surface area contributed by atoms with E-state index < -0.39 is 35.6 Å². The summed E-state index contributed by atoms with van der Waals surface area (Å²) in [5.74, 6) is -1.50. The first-order valence-electron chi connectivity index (χ1n) is 13.5. The molecule has 0 aliphatic rings. The molecular formula is C28H44N4O9. The van der Waals surface area contributed by atoms with Crippen LogP contribution in [0.15, 0.2) is 24.3 Å². The zero-order valence-corrected chi connectivity index (χ0v) is 24.7. The highest BCUT2D eigenvalue weighted by atomic mass is 16.6. The van der Waals surface area contributed by atoms with E-state index in [1.54, 1.807) is 65.8 Å². The lowest BCUT2D eigenvalue weighted by Crippen LogP contribution is -2.53. The molecule has 0 aromatic heterocycles. The quantitative estimate of drug-likeness (QED) is 0.150. The predicted octanol–water partition coefficient (Wildman–Crippen LogP) is 1.89. The molecule has 230 valence electrons. The molecular weight excluding hydrogens is 536 g/mol. The van der Waals surface area contributed by atoms with Gasteiger partial charge in [-0.15, -0.1) is 0 Å². The lowest BCUT2D eigenvalue weighted by atomic mass is 10.0. The Morgan fingerprint density at radius 3 is 2.10 bits per heavy atom. The van der Waals surface area contributed by atoms with Gasteiger partial charge in [0.25, 0.3) is 6.47 Å². The number of ether oxygens (including phenoxy) is 4. The molecule has 0 saturated carbocycles. The SMILES string of the molecule is CC(C)[C@H](NC(=O)CCOCCOCCNC(=O)OC(C)(C)C)C(=O)N[C@@H](C)C(=O)Nc1ccc(COC=O)cc1. The van der Waals surface area contributed by atoms with Crippen molar-refractivity contribution in [1.29, 1.82) is 0 Å². The van der Waals surface area contributed by atoms with Crippen molar-refractivity contribution in [1.82, 2.24) is 16.0 Å². The van der Waals surface area contributed by atoms with Gasteiger partial charge < -0.3 is 40.2 Å². The lowest BCUT2D eigenvalue weighted by Gasteiger charge is -2.24. The third-order valence-corrected chi connectivity index (χ3v) is 5.32. The van der Waals surface area contributed by atoms with Crippen LogP contribution < -0.4 is 21.3 Å². The average Bonchev–Trinajstić information content (AvgIpc) is 2.89. The molecule has 0 heterocycles. The Labute approximate surface area is 241 Å². The van der Waals surface area contributed by atoms with Gasteiger partial charge in [-0.2, -0.15) is 0 Å². The van der Waals surface area contributed by atoms with Crippen molar-refractivity contribution in [3.8, 4) is 0 Å². The van der Waals surface area contributed by atoms with E-state index in [-0.39, 0.29) is 51.3 Å². The number of alkyl carbamates (subject to hydrolysis) is 1. The van der Waals surface area contributed by atoms with Crippen LogP contribution in [0.25, 0.3) is 0 Å². The van der Waals surface area contributed by atoms with Gasteiger partial charge in [0, 0.05) is 18.7 Å². The number of amides is 4. The molecule has 0 spiro atoms. The molecule has 1 rings (SSSR count). The third kappa shape index (κ3) is 16.2. The van der Waals surface area contributed by atoms with E-state index in [1.165, 1.54) is 0 Å². The maximum absolute atomic E-state index is 12.8. The zero-order valence-electron chi connectivity index (χ0n) is 24.7.